The summed E-state index contributed by atoms with van der Waals surface area (Å²) < 4.78 is 5.74. The summed E-state index contributed by atoms with van der Waals surface area (Å²) in [4.78, 5) is 25.3. The smallest absolute Gasteiger partial charge is 0.268 e. The molecule has 1 amide bonds. The Labute approximate surface area is 206 Å². The average Bonchev–Trinajstić information content (AvgIpc) is 2.85. The second-order valence-electron chi connectivity index (χ2n) is 7.73. The SMILES string of the molecule is C#Cc1cc(Nc2ncc3c(n2)OCN(c2c(Cl)cccc2Cl)C3=O)ccc1N1CCNCC1. The highest BCUT2D eigenvalue weighted by Gasteiger charge is 2.31. The van der Waals surface area contributed by atoms with Crippen molar-refractivity contribution in [1.82, 2.24) is 15.3 Å². The zero-order valence-corrected chi connectivity index (χ0v) is 19.5. The molecule has 10 heteroatoms. The third-order valence-electron chi connectivity index (χ3n) is 5.63. The number of ether oxygens (including phenoxy) is 1. The molecule has 0 bridgehead atoms. The van der Waals surface area contributed by atoms with Crippen LogP contribution in [0, 0.1) is 12.3 Å². The first-order valence-electron chi connectivity index (χ1n) is 10.6. The van der Waals surface area contributed by atoms with Gasteiger partial charge in [0.05, 0.1) is 21.4 Å². The number of piperazine rings is 1. The molecule has 172 valence electrons. The van der Waals surface area contributed by atoms with E-state index in [9.17, 15) is 4.79 Å². The lowest BCUT2D eigenvalue weighted by Gasteiger charge is -2.30. The predicted molar refractivity (Wildman–Crippen MR) is 134 cm³/mol. The summed E-state index contributed by atoms with van der Waals surface area (Å²) >= 11 is 12.5. The van der Waals surface area contributed by atoms with E-state index in [4.69, 9.17) is 34.4 Å². The number of nitrogens with one attached hydrogen (secondary N) is 2. The molecule has 0 spiro atoms. The number of carbonyl (C=O) groups excluding carboxylic acids is 1. The highest BCUT2D eigenvalue weighted by molar-refractivity contribution is 6.40. The lowest BCUT2D eigenvalue weighted by atomic mass is 10.1. The first-order valence-corrected chi connectivity index (χ1v) is 11.4. The minimum Gasteiger partial charge on any atom is -0.455 e. The normalized spacial score (nSPS) is 15.4. The van der Waals surface area contributed by atoms with E-state index < -0.39 is 0 Å². The maximum absolute atomic E-state index is 13.1. The molecule has 0 atom stereocenters. The van der Waals surface area contributed by atoms with Crippen LogP contribution in [0.5, 0.6) is 5.88 Å². The van der Waals surface area contributed by atoms with Crippen molar-refractivity contribution in [2.75, 3.05) is 48.0 Å². The van der Waals surface area contributed by atoms with Crippen LogP contribution in [0.2, 0.25) is 10.0 Å². The number of carbonyl (C=O) groups is 1. The summed E-state index contributed by atoms with van der Waals surface area (Å²) in [5.41, 5.74) is 3.14. The van der Waals surface area contributed by atoms with E-state index in [2.05, 4.69) is 31.4 Å². The number of halogens is 2. The summed E-state index contributed by atoms with van der Waals surface area (Å²) in [7, 11) is 0. The highest BCUT2D eigenvalue weighted by atomic mass is 35.5. The fourth-order valence-corrected chi connectivity index (χ4v) is 4.57. The first kappa shape index (κ1) is 22.3. The van der Waals surface area contributed by atoms with Gasteiger partial charge >= 0.3 is 0 Å². The van der Waals surface area contributed by atoms with E-state index in [1.807, 2.05) is 18.2 Å². The van der Waals surface area contributed by atoms with Gasteiger partial charge in [0.15, 0.2) is 6.73 Å². The molecule has 8 nitrogen and oxygen atoms in total. The molecule has 1 aromatic heterocycles. The van der Waals surface area contributed by atoms with Gasteiger partial charge < -0.3 is 20.3 Å². The van der Waals surface area contributed by atoms with E-state index in [0.29, 0.717) is 15.7 Å². The van der Waals surface area contributed by atoms with Crippen LogP contribution in [0.3, 0.4) is 0 Å². The summed E-state index contributed by atoms with van der Waals surface area (Å²) in [5.74, 6) is 2.88. The Morgan fingerprint density at radius 1 is 1.15 bits per heavy atom. The molecule has 1 fully saturated rings. The maximum atomic E-state index is 13.1. The van der Waals surface area contributed by atoms with Crippen molar-refractivity contribution in [2.24, 2.45) is 0 Å². The topological polar surface area (TPSA) is 82.6 Å². The largest absolute Gasteiger partial charge is 0.455 e. The van der Waals surface area contributed by atoms with Gasteiger partial charge in [-0.2, -0.15) is 4.98 Å². The number of terminal acetylenes is 1. The number of para-hydroxylation sites is 1. The van der Waals surface area contributed by atoms with E-state index in [1.165, 1.54) is 11.1 Å². The maximum Gasteiger partial charge on any atom is 0.268 e. The van der Waals surface area contributed by atoms with Gasteiger partial charge in [0, 0.05) is 43.6 Å². The molecule has 0 radical (unpaired) electrons. The molecule has 34 heavy (non-hydrogen) atoms. The van der Waals surface area contributed by atoms with Crippen molar-refractivity contribution in [3.63, 3.8) is 0 Å². The summed E-state index contributed by atoms with van der Waals surface area (Å²) in [6.07, 6.45) is 7.19. The second kappa shape index (κ2) is 9.39. The fourth-order valence-electron chi connectivity index (χ4n) is 3.97. The minimum absolute atomic E-state index is 0.0770. The third-order valence-corrected chi connectivity index (χ3v) is 6.24. The van der Waals surface area contributed by atoms with Crippen molar-refractivity contribution in [2.45, 2.75) is 0 Å². The fraction of sp³-hybridized carbons (Fsp3) is 0.208. The number of rotatable bonds is 4. The van der Waals surface area contributed by atoms with Gasteiger partial charge in [-0.05, 0) is 30.3 Å². The number of anilines is 4. The van der Waals surface area contributed by atoms with E-state index in [-0.39, 0.29) is 30.0 Å². The molecular weight excluding hydrogens is 475 g/mol. The third kappa shape index (κ3) is 4.21. The molecule has 0 aliphatic carbocycles. The molecule has 3 aromatic rings. The van der Waals surface area contributed by atoms with Crippen molar-refractivity contribution < 1.29 is 9.53 Å². The van der Waals surface area contributed by atoms with Crippen LogP contribution in [0.15, 0.2) is 42.6 Å². The van der Waals surface area contributed by atoms with E-state index >= 15 is 0 Å². The molecule has 0 unspecified atom stereocenters. The summed E-state index contributed by atoms with van der Waals surface area (Å²) in [6.45, 7) is 3.57. The van der Waals surface area contributed by atoms with Crippen LogP contribution in [0.25, 0.3) is 0 Å². The van der Waals surface area contributed by atoms with Crippen LogP contribution >= 0.6 is 23.2 Å². The van der Waals surface area contributed by atoms with Crippen LogP contribution < -0.4 is 25.2 Å². The molecular formula is C24H20Cl2N6O2. The number of hydrogen-bond donors (Lipinski definition) is 2. The number of amides is 1. The zero-order chi connectivity index (χ0) is 23.7. The minimum atomic E-state index is -0.349. The summed E-state index contributed by atoms with van der Waals surface area (Å²) in [5, 5.41) is 7.17. The molecule has 2 aliphatic rings. The number of fused-ring (bicyclic) bond motifs is 1. The van der Waals surface area contributed by atoms with E-state index in [0.717, 1.165) is 43.1 Å². The molecule has 2 aromatic carbocycles. The van der Waals surface area contributed by atoms with Crippen molar-refractivity contribution in [3.05, 3.63) is 63.8 Å². The molecule has 1 saturated heterocycles. The first-order chi connectivity index (χ1) is 16.5. The van der Waals surface area contributed by atoms with Crippen LogP contribution in [-0.2, 0) is 0 Å². The Balaban J connectivity index is 1.37. The zero-order valence-electron chi connectivity index (χ0n) is 18.0. The van der Waals surface area contributed by atoms with Crippen LogP contribution in [0.4, 0.5) is 23.0 Å². The van der Waals surface area contributed by atoms with Gasteiger partial charge in [0.2, 0.25) is 11.8 Å². The van der Waals surface area contributed by atoms with E-state index in [1.54, 1.807) is 18.2 Å². The number of nitrogens with zero attached hydrogens (tertiary/aromatic N) is 4. The molecule has 2 aliphatic heterocycles. The predicted octanol–water partition coefficient (Wildman–Crippen LogP) is 3.91. The average molecular weight is 495 g/mol. The van der Waals surface area contributed by atoms with Gasteiger partial charge in [-0.25, -0.2) is 4.98 Å². The standard InChI is InChI=1S/C24H20Cl2N6O2/c1-2-15-12-16(6-7-20(15)31-10-8-27-9-11-31)29-24-28-13-17-22(30-24)34-14-32(23(17)33)21-18(25)4-3-5-19(21)26/h1,3-7,12-13,27H,8-11,14H2,(H,28,29,30). The van der Waals surface area contributed by atoms with Crippen molar-refractivity contribution in [3.8, 4) is 18.2 Å². The molecule has 2 N–H and O–H groups in total. The number of benzene rings is 2. The quantitative estimate of drug-likeness (QED) is 0.531. The lowest BCUT2D eigenvalue weighted by Crippen LogP contribution is -2.43. The molecule has 3 heterocycles. The van der Waals surface area contributed by atoms with Crippen molar-refractivity contribution >= 4 is 52.1 Å². The van der Waals surface area contributed by atoms with Gasteiger partial charge in [0.25, 0.3) is 5.91 Å². The van der Waals surface area contributed by atoms with Gasteiger partial charge in [0.1, 0.15) is 5.56 Å². The van der Waals surface area contributed by atoms with Gasteiger partial charge in [-0.15, -0.1) is 6.42 Å². The number of hydrogen-bond acceptors (Lipinski definition) is 7. The Morgan fingerprint density at radius 3 is 2.65 bits per heavy atom. The molecule has 5 rings (SSSR count). The van der Waals surface area contributed by atoms with Gasteiger partial charge in [-0.1, -0.05) is 35.2 Å². The van der Waals surface area contributed by atoms with Crippen molar-refractivity contribution in [1.29, 1.82) is 0 Å². The van der Waals surface area contributed by atoms with Crippen LogP contribution in [0.1, 0.15) is 15.9 Å². The van der Waals surface area contributed by atoms with Gasteiger partial charge in [-0.3, -0.25) is 9.69 Å². The monoisotopic (exact) mass is 494 g/mol. The highest BCUT2D eigenvalue weighted by Crippen LogP contribution is 2.37. The Morgan fingerprint density at radius 2 is 1.91 bits per heavy atom. The Hall–Kier alpha value is -3.51. The van der Waals surface area contributed by atoms with Crippen LogP contribution in [-0.4, -0.2) is 48.8 Å². The molecule has 0 saturated carbocycles. The number of aromatic nitrogens is 2. The lowest BCUT2D eigenvalue weighted by molar-refractivity contribution is 0.0932. The Bertz CT molecular complexity index is 1280. The second-order valence-corrected chi connectivity index (χ2v) is 8.54. The Kier molecular flexibility index (Phi) is 6.16. The summed E-state index contributed by atoms with van der Waals surface area (Å²) in [6, 6.07) is 10.8.